The van der Waals surface area contributed by atoms with E-state index in [9.17, 15) is 9.59 Å². The Morgan fingerprint density at radius 2 is 2.00 bits per heavy atom. The van der Waals surface area contributed by atoms with Gasteiger partial charge in [0.15, 0.2) is 0 Å². The molecule has 76 valence electrons. The Morgan fingerprint density at radius 1 is 1.38 bits per heavy atom. The first-order valence-corrected chi connectivity index (χ1v) is 5.00. The summed E-state index contributed by atoms with van der Waals surface area (Å²) in [5.41, 5.74) is 2.03. The zero-order valence-electron chi connectivity index (χ0n) is 7.54. The highest BCUT2D eigenvalue weighted by Gasteiger charge is 2.01. The van der Waals surface area contributed by atoms with Gasteiger partial charge in [0.1, 0.15) is 0 Å². The Bertz CT molecular complexity index is 157. The molecule has 0 spiro atoms. The molecule has 0 saturated heterocycles. The van der Waals surface area contributed by atoms with Crippen LogP contribution >= 0.6 is 11.8 Å². The number of amides is 1. The molecule has 0 bridgehead atoms. The van der Waals surface area contributed by atoms with Gasteiger partial charge in [0.05, 0.1) is 13.5 Å². The largest absolute Gasteiger partial charge is 0.469 e. The summed E-state index contributed by atoms with van der Waals surface area (Å²) in [6.45, 7) is 0. The molecule has 0 aromatic carbocycles. The monoisotopic (exact) mass is 206 g/mol. The van der Waals surface area contributed by atoms with Crippen molar-refractivity contribution in [2.24, 2.45) is 5.84 Å². The summed E-state index contributed by atoms with van der Waals surface area (Å²) in [6.07, 6.45) is 0.758. The first-order chi connectivity index (χ1) is 6.20. The van der Waals surface area contributed by atoms with Crippen molar-refractivity contribution in [1.29, 1.82) is 0 Å². The van der Waals surface area contributed by atoms with Crippen LogP contribution in [0.5, 0.6) is 0 Å². The van der Waals surface area contributed by atoms with Crippen LogP contribution in [0, 0.1) is 0 Å². The highest BCUT2D eigenvalue weighted by atomic mass is 32.2. The molecule has 0 aromatic rings. The Morgan fingerprint density at radius 3 is 2.54 bits per heavy atom. The van der Waals surface area contributed by atoms with E-state index in [1.54, 1.807) is 0 Å². The van der Waals surface area contributed by atoms with E-state index in [1.807, 2.05) is 5.43 Å². The molecule has 3 N–H and O–H groups in total. The van der Waals surface area contributed by atoms with Gasteiger partial charge in [0, 0.05) is 17.9 Å². The third-order valence-corrected chi connectivity index (χ3v) is 2.30. The summed E-state index contributed by atoms with van der Waals surface area (Å²) in [7, 11) is 1.36. The van der Waals surface area contributed by atoms with Gasteiger partial charge >= 0.3 is 5.97 Å². The number of ether oxygens (including phenoxy) is 1. The van der Waals surface area contributed by atoms with Gasteiger partial charge in [-0.05, 0) is 0 Å². The minimum absolute atomic E-state index is 0.189. The van der Waals surface area contributed by atoms with E-state index in [0.717, 1.165) is 0 Å². The third kappa shape index (κ3) is 7.61. The number of nitrogens with one attached hydrogen (secondary N) is 1. The number of hydrogen-bond donors (Lipinski definition) is 2. The van der Waals surface area contributed by atoms with Crippen molar-refractivity contribution in [2.75, 3.05) is 18.6 Å². The summed E-state index contributed by atoms with van der Waals surface area (Å²) in [4.78, 5) is 21.3. The Kier molecular flexibility index (Phi) is 7.42. The second-order valence-corrected chi connectivity index (χ2v) is 3.48. The normalized spacial score (nSPS) is 9.38. The molecule has 0 atom stereocenters. The lowest BCUT2D eigenvalue weighted by Gasteiger charge is -2.00. The molecule has 0 aliphatic rings. The summed E-state index contributed by atoms with van der Waals surface area (Å²) in [5.74, 6) is 5.80. The van der Waals surface area contributed by atoms with Crippen molar-refractivity contribution in [3.8, 4) is 0 Å². The predicted octanol–water partition coefficient (Wildman–Crippen LogP) is -0.337. The Labute approximate surface area is 81.3 Å². The molecule has 0 saturated carbocycles. The topological polar surface area (TPSA) is 81.4 Å². The number of esters is 1. The zero-order valence-corrected chi connectivity index (χ0v) is 8.36. The molecule has 0 fully saturated rings. The van der Waals surface area contributed by atoms with Gasteiger partial charge in [-0.2, -0.15) is 11.8 Å². The van der Waals surface area contributed by atoms with Crippen LogP contribution in [0.4, 0.5) is 0 Å². The van der Waals surface area contributed by atoms with Gasteiger partial charge < -0.3 is 4.74 Å². The fourth-order valence-corrected chi connectivity index (χ4v) is 1.44. The standard InChI is InChI=1S/C7H14N2O3S/c1-12-7(11)3-5-13-4-2-6(10)9-8/h2-5,8H2,1H3,(H,9,10). The van der Waals surface area contributed by atoms with Crippen LogP contribution in [0.1, 0.15) is 12.8 Å². The number of thioether (sulfide) groups is 1. The number of hydrazine groups is 1. The summed E-state index contributed by atoms with van der Waals surface area (Å²) in [6, 6.07) is 0. The van der Waals surface area contributed by atoms with Crippen LogP contribution in [0.3, 0.4) is 0 Å². The van der Waals surface area contributed by atoms with E-state index in [1.165, 1.54) is 18.9 Å². The van der Waals surface area contributed by atoms with Crippen LogP contribution in [0.2, 0.25) is 0 Å². The van der Waals surface area contributed by atoms with E-state index in [4.69, 9.17) is 5.84 Å². The number of hydrogen-bond acceptors (Lipinski definition) is 5. The molecule has 0 radical (unpaired) electrons. The van der Waals surface area contributed by atoms with Crippen molar-refractivity contribution in [3.63, 3.8) is 0 Å². The first-order valence-electron chi connectivity index (χ1n) is 3.84. The summed E-state index contributed by atoms with van der Waals surface area (Å²) in [5, 5.41) is 0. The highest BCUT2D eigenvalue weighted by molar-refractivity contribution is 7.99. The van der Waals surface area contributed by atoms with E-state index in [0.29, 0.717) is 24.3 Å². The number of carbonyl (C=O) groups excluding carboxylic acids is 2. The molecule has 1 amide bonds. The summed E-state index contributed by atoms with van der Waals surface area (Å²) < 4.78 is 4.45. The Hall–Kier alpha value is -0.750. The van der Waals surface area contributed by atoms with Gasteiger partial charge in [0.2, 0.25) is 5.91 Å². The van der Waals surface area contributed by atoms with E-state index < -0.39 is 0 Å². The predicted molar refractivity (Wildman–Crippen MR) is 50.9 cm³/mol. The van der Waals surface area contributed by atoms with Crippen LogP contribution < -0.4 is 11.3 Å². The molecule has 0 aliphatic carbocycles. The van der Waals surface area contributed by atoms with Gasteiger partial charge in [-0.3, -0.25) is 15.0 Å². The average Bonchev–Trinajstić information content (AvgIpc) is 2.16. The van der Waals surface area contributed by atoms with Gasteiger partial charge in [0.25, 0.3) is 0 Å². The lowest BCUT2D eigenvalue weighted by atomic mass is 10.5. The molecule has 6 heteroatoms. The molecule has 0 aliphatic heterocycles. The highest BCUT2D eigenvalue weighted by Crippen LogP contribution is 2.04. The minimum Gasteiger partial charge on any atom is -0.469 e. The lowest BCUT2D eigenvalue weighted by molar-refractivity contribution is -0.140. The molecule has 0 heterocycles. The van der Waals surface area contributed by atoms with Crippen LogP contribution in [0.15, 0.2) is 0 Å². The maximum absolute atomic E-state index is 10.6. The SMILES string of the molecule is COC(=O)CCSCCC(=O)NN. The average molecular weight is 206 g/mol. The lowest BCUT2D eigenvalue weighted by Crippen LogP contribution is -2.30. The summed E-state index contributed by atoms with van der Waals surface area (Å²) >= 11 is 1.52. The van der Waals surface area contributed by atoms with Gasteiger partial charge in [-0.25, -0.2) is 5.84 Å². The quantitative estimate of drug-likeness (QED) is 0.204. The van der Waals surface area contributed by atoms with E-state index in [2.05, 4.69) is 4.74 Å². The third-order valence-electron chi connectivity index (χ3n) is 1.31. The van der Waals surface area contributed by atoms with Gasteiger partial charge in [-0.15, -0.1) is 0 Å². The van der Waals surface area contributed by atoms with Gasteiger partial charge in [-0.1, -0.05) is 0 Å². The van der Waals surface area contributed by atoms with Crippen LogP contribution in [-0.2, 0) is 14.3 Å². The molecule has 0 unspecified atom stereocenters. The maximum atomic E-state index is 10.6. The maximum Gasteiger partial charge on any atom is 0.306 e. The molecular formula is C7H14N2O3S. The molecule has 0 rings (SSSR count). The second kappa shape index (κ2) is 7.88. The fraction of sp³-hybridized carbons (Fsp3) is 0.714. The Balaban J connectivity index is 3.17. The van der Waals surface area contributed by atoms with E-state index in [-0.39, 0.29) is 11.9 Å². The second-order valence-electron chi connectivity index (χ2n) is 2.26. The van der Waals surface area contributed by atoms with E-state index >= 15 is 0 Å². The smallest absolute Gasteiger partial charge is 0.306 e. The number of rotatable bonds is 6. The van der Waals surface area contributed by atoms with Crippen molar-refractivity contribution < 1.29 is 14.3 Å². The van der Waals surface area contributed by atoms with Crippen LogP contribution in [0.25, 0.3) is 0 Å². The zero-order chi connectivity index (χ0) is 10.1. The van der Waals surface area contributed by atoms with Crippen molar-refractivity contribution >= 4 is 23.6 Å². The first kappa shape index (κ1) is 12.2. The van der Waals surface area contributed by atoms with Crippen molar-refractivity contribution in [1.82, 2.24) is 5.43 Å². The number of methoxy groups -OCH3 is 1. The minimum atomic E-state index is -0.226. The van der Waals surface area contributed by atoms with Crippen molar-refractivity contribution in [3.05, 3.63) is 0 Å². The molecule has 13 heavy (non-hydrogen) atoms. The molecule has 0 aromatic heterocycles. The number of nitrogens with two attached hydrogens (primary N) is 1. The van der Waals surface area contributed by atoms with Crippen molar-refractivity contribution in [2.45, 2.75) is 12.8 Å². The van der Waals surface area contributed by atoms with Crippen LogP contribution in [-0.4, -0.2) is 30.5 Å². The number of carbonyl (C=O) groups is 2. The molecular weight excluding hydrogens is 192 g/mol. The fourth-order valence-electron chi connectivity index (χ4n) is 0.597. The molecule has 5 nitrogen and oxygen atoms in total.